The van der Waals surface area contributed by atoms with Gasteiger partial charge in [0.15, 0.2) is 0 Å². The quantitative estimate of drug-likeness (QED) is 0.738. The fourth-order valence-electron chi connectivity index (χ4n) is 3.08. The number of methoxy groups -OCH3 is 1. The Kier molecular flexibility index (Phi) is 6.34. The number of hydrogen-bond acceptors (Lipinski definition) is 3. The maximum atomic E-state index is 5.03. The van der Waals surface area contributed by atoms with E-state index in [0.29, 0.717) is 0 Å². The van der Waals surface area contributed by atoms with E-state index in [9.17, 15) is 0 Å². The van der Waals surface area contributed by atoms with Crippen molar-refractivity contribution in [2.24, 2.45) is 0 Å². The molecule has 1 fully saturated rings. The largest absolute Gasteiger partial charge is 0.383 e. The zero-order chi connectivity index (χ0) is 14.2. The molecule has 3 nitrogen and oxygen atoms in total. The summed E-state index contributed by atoms with van der Waals surface area (Å²) < 4.78 is 5.03. The predicted octanol–water partition coefficient (Wildman–Crippen LogP) is 3.19. The number of rotatable bonds is 8. The first-order valence-corrected chi connectivity index (χ1v) is 7.90. The van der Waals surface area contributed by atoms with Gasteiger partial charge in [0, 0.05) is 38.5 Å². The van der Waals surface area contributed by atoms with Crippen molar-refractivity contribution in [3.05, 3.63) is 29.8 Å². The molecule has 2 rings (SSSR count). The fraction of sp³-hybridized carbons (Fsp3) is 0.647. The lowest BCUT2D eigenvalue weighted by Crippen LogP contribution is -2.32. The van der Waals surface area contributed by atoms with Gasteiger partial charge in [-0.2, -0.15) is 0 Å². The van der Waals surface area contributed by atoms with E-state index in [1.54, 1.807) is 7.11 Å². The molecule has 0 saturated heterocycles. The Hall–Kier alpha value is -1.06. The lowest BCUT2D eigenvalue weighted by Gasteiger charge is -2.30. The van der Waals surface area contributed by atoms with Gasteiger partial charge in [-0.25, -0.2) is 0 Å². The minimum absolute atomic E-state index is 0.755. The van der Waals surface area contributed by atoms with Crippen molar-refractivity contribution < 1.29 is 4.74 Å². The average molecular weight is 276 g/mol. The lowest BCUT2D eigenvalue weighted by molar-refractivity contribution is 0.199. The van der Waals surface area contributed by atoms with Crippen LogP contribution in [0.25, 0.3) is 0 Å². The van der Waals surface area contributed by atoms with E-state index in [2.05, 4.69) is 41.4 Å². The van der Waals surface area contributed by atoms with Crippen LogP contribution in [0, 0.1) is 0 Å². The Bertz CT molecular complexity index is 371. The molecule has 0 spiro atoms. The zero-order valence-corrected chi connectivity index (χ0v) is 12.9. The molecule has 1 saturated carbocycles. The van der Waals surface area contributed by atoms with Gasteiger partial charge in [-0.05, 0) is 37.5 Å². The van der Waals surface area contributed by atoms with Crippen LogP contribution in [0.4, 0.5) is 5.69 Å². The topological polar surface area (TPSA) is 24.5 Å². The molecule has 0 aliphatic heterocycles. The van der Waals surface area contributed by atoms with E-state index in [1.165, 1.54) is 36.9 Å². The summed E-state index contributed by atoms with van der Waals surface area (Å²) in [7, 11) is 1.73. The smallest absolute Gasteiger partial charge is 0.0587 e. The van der Waals surface area contributed by atoms with Crippen LogP contribution in [0.15, 0.2) is 24.3 Å². The van der Waals surface area contributed by atoms with Crippen molar-refractivity contribution in [3.8, 4) is 0 Å². The van der Waals surface area contributed by atoms with Gasteiger partial charge < -0.3 is 15.0 Å². The Morgan fingerprint density at radius 3 is 2.50 bits per heavy atom. The molecule has 1 aromatic rings. The third-order valence-corrected chi connectivity index (χ3v) is 4.19. The lowest BCUT2D eigenvalue weighted by atomic mass is 10.1. The second-order valence-electron chi connectivity index (χ2n) is 5.56. The van der Waals surface area contributed by atoms with Crippen LogP contribution in [0.2, 0.25) is 0 Å². The van der Waals surface area contributed by atoms with Gasteiger partial charge in [-0.15, -0.1) is 0 Å². The van der Waals surface area contributed by atoms with Gasteiger partial charge in [-0.1, -0.05) is 25.0 Å². The van der Waals surface area contributed by atoms with Crippen LogP contribution in [0.1, 0.15) is 38.2 Å². The Morgan fingerprint density at radius 2 is 1.90 bits per heavy atom. The van der Waals surface area contributed by atoms with E-state index in [1.807, 2.05) is 0 Å². The average Bonchev–Trinajstić information content (AvgIpc) is 3.00. The van der Waals surface area contributed by atoms with E-state index in [-0.39, 0.29) is 0 Å². The Morgan fingerprint density at radius 1 is 1.20 bits per heavy atom. The highest BCUT2D eigenvalue weighted by Crippen LogP contribution is 2.28. The summed E-state index contributed by atoms with van der Waals surface area (Å²) in [6.45, 7) is 5.96. The molecule has 1 aromatic carbocycles. The molecule has 0 unspecified atom stereocenters. The van der Waals surface area contributed by atoms with Gasteiger partial charge in [0.1, 0.15) is 0 Å². The Balaban J connectivity index is 1.89. The van der Waals surface area contributed by atoms with Crippen molar-refractivity contribution in [3.63, 3.8) is 0 Å². The molecule has 0 bridgehead atoms. The molecule has 3 heteroatoms. The predicted molar refractivity (Wildman–Crippen MR) is 85.3 cm³/mol. The van der Waals surface area contributed by atoms with Gasteiger partial charge in [0.25, 0.3) is 0 Å². The molecule has 0 heterocycles. The molecule has 0 radical (unpaired) electrons. The molecule has 0 aromatic heterocycles. The number of nitrogens with zero attached hydrogens (tertiary/aromatic N) is 1. The zero-order valence-electron chi connectivity index (χ0n) is 12.9. The highest BCUT2D eigenvalue weighted by atomic mass is 16.5. The molecule has 1 aliphatic carbocycles. The van der Waals surface area contributed by atoms with E-state index in [4.69, 9.17) is 4.74 Å². The van der Waals surface area contributed by atoms with Gasteiger partial charge in [-0.3, -0.25) is 0 Å². The van der Waals surface area contributed by atoms with Crippen molar-refractivity contribution in [1.29, 1.82) is 0 Å². The van der Waals surface area contributed by atoms with Crippen LogP contribution in [-0.4, -0.2) is 32.8 Å². The summed E-state index contributed by atoms with van der Waals surface area (Å²) in [5.74, 6) is 0. The summed E-state index contributed by atoms with van der Waals surface area (Å²) in [5.41, 5.74) is 2.72. The van der Waals surface area contributed by atoms with E-state index in [0.717, 1.165) is 32.3 Å². The van der Waals surface area contributed by atoms with Crippen LogP contribution in [0.3, 0.4) is 0 Å². The molecule has 1 aliphatic rings. The molecule has 20 heavy (non-hydrogen) atoms. The molecule has 0 amide bonds. The van der Waals surface area contributed by atoms with Gasteiger partial charge >= 0.3 is 0 Å². The highest BCUT2D eigenvalue weighted by molar-refractivity contribution is 5.48. The van der Waals surface area contributed by atoms with Crippen molar-refractivity contribution in [2.75, 3.05) is 31.7 Å². The van der Waals surface area contributed by atoms with E-state index < -0.39 is 0 Å². The molecule has 1 N–H and O–H groups in total. The molecular formula is C17H28N2O. The number of benzene rings is 1. The minimum Gasteiger partial charge on any atom is -0.383 e. The number of nitrogens with one attached hydrogen (secondary N) is 1. The first-order chi connectivity index (χ1) is 9.85. The van der Waals surface area contributed by atoms with Crippen LogP contribution in [-0.2, 0) is 11.3 Å². The van der Waals surface area contributed by atoms with E-state index >= 15 is 0 Å². The third-order valence-electron chi connectivity index (χ3n) is 4.19. The van der Waals surface area contributed by atoms with Crippen molar-refractivity contribution in [2.45, 2.75) is 45.2 Å². The molecular weight excluding hydrogens is 248 g/mol. The number of ether oxygens (including phenoxy) is 1. The molecule has 0 atom stereocenters. The minimum atomic E-state index is 0.755. The van der Waals surface area contributed by atoms with Crippen molar-refractivity contribution >= 4 is 5.69 Å². The number of hydrogen-bond donors (Lipinski definition) is 1. The summed E-state index contributed by atoms with van der Waals surface area (Å²) in [6.07, 6.45) is 5.49. The summed E-state index contributed by atoms with van der Waals surface area (Å²) in [4.78, 5) is 2.56. The van der Waals surface area contributed by atoms with Crippen LogP contribution >= 0.6 is 0 Å². The van der Waals surface area contributed by atoms with Gasteiger partial charge in [0.05, 0.1) is 6.61 Å². The summed E-state index contributed by atoms with van der Waals surface area (Å²) in [5, 5.41) is 3.38. The second-order valence-corrected chi connectivity index (χ2v) is 5.56. The Labute approximate surface area is 123 Å². The first-order valence-electron chi connectivity index (χ1n) is 7.90. The maximum absolute atomic E-state index is 5.03. The third kappa shape index (κ3) is 4.22. The monoisotopic (exact) mass is 276 g/mol. The van der Waals surface area contributed by atoms with Crippen LogP contribution in [0.5, 0.6) is 0 Å². The normalized spacial score (nSPS) is 15.7. The summed E-state index contributed by atoms with van der Waals surface area (Å²) in [6, 6.07) is 9.79. The SMILES string of the molecule is CCN(c1ccc(CNCCOC)cc1)C1CCCC1. The highest BCUT2D eigenvalue weighted by Gasteiger charge is 2.21. The number of anilines is 1. The second kappa shape index (κ2) is 8.28. The van der Waals surface area contributed by atoms with Gasteiger partial charge in [0.2, 0.25) is 0 Å². The van der Waals surface area contributed by atoms with Crippen molar-refractivity contribution in [1.82, 2.24) is 5.32 Å². The first kappa shape index (κ1) is 15.3. The standard InChI is InChI=1S/C17H28N2O/c1-3-19(16-6-4-5-7-16)17-10-8-15(9-11-17)14-18-12-13-20-2/h8-11,16,18H,3-7,12-14H2,1-2H3. The molecule has 112 valence electrons. The maximum Gasteiger partial charge on any atom is 0.0587 e. The fourth-order valence-corrected chi connectivity index (χ4v) is 3.08. The summed E-state index contributed by atoms with van der Waals surface area (Å²) >= 11 is 0. The van der Waals surface area contributed by atoms with Crippen LogP contribution < -0.4 is 10.2 Å².